The van der Waals surface area contributed by atoms with E-state index in [1.807, 2.05) is 13.8 Å². The van der Waals surface area contributed by atoms with Crippen molar-refractivity contribution in [3.05, 3.63) is 35.5 Å². The highest BCUT2D eigenvalue weighted by Crippen LogP contribution is 2.33. The van der Waals surface area contributed by atoms with Crippen molar-refractivity contribution in [1.82, 2.24) is 9.78 Å². The van der Waals surface area contributed by atoms with Gasteiger partial charge in [-0.3, -0.25) is 4.79 Å². The second kappa shape index (κ2) is 5.24. The van der Waals surface area contributed by atoms with Crippen LogP contribution >= 0.6 is 0 Å². The number of carbonyl (C=O) groups excluding carboxylic acids is 1. The smallest absolute Gasteiger partial charge is 0.248 e. The predicted octanol–water partition coefficient (Wildman–Crippen LogP) is 2.02. The number of benzene rings is 1. The second-order valence-electron chi connectivity index (χ2n) is 4.88. The molecular formula is C14H18N4O2. The van der Waals surface area contributed by atoms with Gasteiger partial charge in [0, 0.05) is 12.6 Å². The summed E-state index contributed by atoms with van der Waals surface area (Å²) < 4.78 is 7.31. The number of anilines is 1. The lowest BCUT2D eigenvalue weighted by Crippen LogP contribution is -2.10. The minimum atomic E-state index is -0.503. The van der Waals surface area contributed by atoms with Gasteiger partial charge in [-0.15, -0.1) is 0 Å². The Hall–Kier alpha value is -2.50. The van der Waals surface area contributed by atoms with Gasteiger partial charge in [-0.05, 0) is 24.1 Å². The highest BCUT2D eigenvalue weighted by atomic mass is 16.5. The molecule has 0 atom stereocenters. The molecule has 0 radical (unpaired) electrons. The third-order valence-corrected chi connectivity index (χ3v) is 2.94. The number of nitrogens with two attached hydrogens (primary N) is 2. The number of primary amides is 1. The Kier molecular flexibility index (Phi) is 3.65. The predicted molar refractivity (Wildman–Crippen MR) is 76.7 cm³/mol. The molecule has 0 unspecified atom stereocenters. The minimum Gasteiger partial charge on any atom is -0.437 e. The molecule has 2 rings (SSSR count). The first-order chi connectivity index (χ1) is 9.40. The van der Waals surface area contributed by atoms with E-state index in [1.165, 1.54) is 0 Å². The SMILES string of the molecule is CC(C)c1nn(C)c(Oc2cccc(C(N)=O)c2)c1N. The van der Waals surface area contributed by atoms with Crippen molar-refractivity contribution in [1.29, 1.82) is 0 Å². The van der Waals surface area contributed by atoms with Crippen LogP contribution in [0.1, 0.15) is 35.8 Å². The van der Waals surface area contributed by atoms with Crippen LogP contribution in [0.5, 0.6) is 11.6 Å². The van der Waals surface area contributed by atoms with Gasteiger partial charge in [0.15, 0.2) is 0 Å². The molecule has 0 aliphatic rings. The van der Waals surface area contributed by atoms with Crippen LogP contribution in [-0.4, -0.2) is 15.7 Å². The molecule has 20 heavy (non-hydrogen) atoms. The van der Waals surface area contributed by atoms with Gasteiger partial charge < -0.3 is 16.2 Å². The molecule has 1 aromatic carbocycles. The van der Waals surface area contributed by atoms with Gasteiger partial charge in [0.2, 0.25) is 11.8 Å². The summed E-state index contributed by atoms with van der Waals surface area (Å²) in [6.45, 7) is 4.02. The summed E-state index contributed by atoms with van der Waals surface area (Å²) in [5.74, 6) is 0.647. The third kappa shape index (κ3) is 2.59. The molecule has 6 nitrogen and oxygen atoms in total. The molecule has 0 saturated heterocycles. The molecule has 0 bridgehead atoms. The summed E-state index contributed by atoms with van der Waals surface area (Å²) in [5, 5.41) is 4.34. The van der Waals surface area contributed by atoms with Crippen molar-refractivity contribution in [3.63, 3.8) is 0 Å². The first-order valence-electron chi connectivity index (χ1n) is 6.30. The maximum Gasteiger partial charge on any atom is 0.248 e. The van der Waals surface area contributed by atoms with Crippen LogP contribution in [0, 0.1) is 0 Å². The zero-order valence-electron chi connectivity index (χ0n) is 11.8. The first kappa shape index (κ1) is 13.9. The van der Waals surface area contributed by atoms with Gasteiger partial charge in [0.1, 0.15) is 11.4 Å². The van der Waals surface area contributed by atoms with Crippen LogP contribution in [-0.2, 0) is 7.05 Å². The lowest BCUT2D eigenvalue weighted by Gasteiger charge is -2.07. The Bertz CT molecular complexity index is 647. The molecule has 0 fully saturated rings. The van der Waals surface area contributed by atoms with Gasteiger partial charge in [-0.2, -0.15) is 5.10 Å². The van der Waals surface area contributed by atoms with Gasteiger partial charge in [0.05, 0.1) is 5.69 Å². The Labute approximate surface area is 117 Å². The zero-order valence-corrected chi connectivity index (χ0v) is 11.8. The summed E-state index contributed by atoms with van der Waals surface area (Å²) >= 11 is 0. The third-order valence-electron chi connectivity index (χ3n) is 2.94. The van der Waals surface area contributed by atoms with Crippen molar-refractivity contribution in [2.45, 2.75) is 19.8 Å². The number of ether oxygens (including phenoxy) is 1. The fourth-order valence-corrected chi connectivity index (χ4v) is 1.92. The molecular weight excluding hydrogens is 256 g/mol. The summed E-state index contributed by atoms with van der Waals surface area (Å²) in [6.07, 6.45) is 0. The van der Waals surface area contributed by atoms with E-state index in [0.717, 1.165) is 5.69 Å². The highest BCUT2D eigenvalue weighted by molar-refractivity contribution is 5.93. The number of aromatic nitrogens is 2. The molecule has 1 aromatic heterocycles. The molecule has 4 N–H and O–H groups in total. The lowest BCUT2D eigenvalue weighted by atomic mass is 10.1. The number of hydrogen-bond acceptors (Lipinski definition) is 4. The van der Waals surface area contributed by atoms with Crippen molar-refractivity contribution in [2.24, 2.45) is 12.8 Å². The fraction of sp³-hybridized carbons (Fsp3) is 0.286. The number of carbonyl (C=O) groups is 1. The second-order valence-corrected chi connectivity index (χ2v) is 4.88. The van der Waals surface area contributed by atoms with E-state index in [0.29, 0.717) is 22.9 Å². The Morgan fingerprint density at radius 2 is 2.10 bits per heavy atom. The molecule has 1 amide bonds. The zero-order chi connectivity index (χ0) is 14.9. The molecule has 0 aliphatic carbocycles. The average molecular weight is 274 g/mol. The number of rotatable bonds is 4. The number of amides is 1. The molecule has 1 heterocycles. The Balaban J connectivity index is 2.35. The van der Waals surface area contributed by atoms with E-state index < -0.39 is 5.91 Å². The number of hydrogen-bond donors (Lipinski definition) is 2. The van der Waals surface area contributed by atoms with Crippen molar-refractivity contribution >= 4 is 11.6 Å². The molecule has 2 aromatic rings. The van der Waals surface area contributed by atoms with Gasteiger partial charge in [0.25, 0.3) is 0 Å². The number of aryl methyl sites for hydroxylation is 1. The molecule has 6 heteroatoms. The van der Waals surface area contributed by atoms with Crippen LogP contribution in [0.25, 0.3) is 0 Å². The standard InChI is InChI=1S/C14H18N4O2/c1-8(2)12-11(15)14(18(3)17-12)20-10-6-4-5-9(7-10)13(16)19/h4-8H,15H2,1-3H3,(H2,16,19). The maximum absolute atomic E-state index is 11.2. The monoisotopic (exact) mass is 274 g/mol. The van der Waals surface area contributed by atoms with Crippen LogP contribution in [0.4, 0.5) is 5.69 Å². The molecule has 106 valence electrons. The highest BCUT2D eigenvalue weighted by Gasteiger charge is 2.18. The Morgan fingerprint density at radius 3 is 2.65 bits per heavy atom. The molecule has 0 spiro atoms. The lowest BCUT2D eigenvalue weighted by molar-refractivity contribution is 0.1000. The number of nitrogens with zero attached hydrogens (tertiary/aromatic N) is 2. The van der Waals surface area contributed by atoms with Crippen molar-refractivity contribution in [3.8, 4) is 11.6 Å². The van der Waals surface area contributed by atoms with Crippen LogP contribution in [0.3, 0.4) is 0 Å². The Morgan fingerprint density at radius 1 is 1.40 bits per heavy atom. The maximum atomic E-state index is 11.2. The van der Waals surface area contributed by atoms with Crippen molar-refractivity contribution in [2.75, 3.05) is 5.73 Å². The van der Waals surface area contributed by atoms with E-state index in [9.17, 15) is 4.79 Å². The van der Waals surface area contributed by atoms with Gasteiger partial charge in [-0.1, -0.05) is 19.9 Å². The topological polar surface area (TPSA) is 96.2 Å². The normalized spacial score (nSPS) is 10.8. The van der Waals surface area contributed by atoms with Gasteiger partial charge >= 0.3 is 0 Å². The van der Waals surface area contributed by atoms with Crippen LogP contribution in [0.15, 0.2) is 24.3 Å². The van der Waals surface area contributed by atoms with Gasteiger partial charge in [-0.25, -0.2) is 4.68 Å². The van der Waals surface area contributed by atoms with Crippen LogP contribution < -0.4 is 16.2 Å². The quantitative estimate of drug-likeness (QED) is 0.891. The largest absolute Gasteiger partial charge is 0.437 e. The average Bonchev–Trinajstić information content (AvgIpc) is 2.67. The van der Waals surface area contributed by atoms with E-state index in [1.54, 1.807) is 36.0 Å². The van der Waals surface area contributed by atoms with E-state index in [4.69, 9.17) is 16.2 Å². The van der Waals surface area contributed by atoms with E-state index in [-0.39, 0.29) is 5.92 Å². The summed E-state index contributed by atoms with van der Waals surface area (Å²) in [7, 11) is 1.76. The minimum absolute atomic E-state index is 0.204. The van der Waals surface area contributed by atoms with E-state index in [2.05, 4.69) is 5.10 Å². The summed E-state index contributed by atoms with van der Waals surface area (Å²) in [6, 6.07) is 6.63. The summed E-state index contributed by atoms with van der Waals surface area (Å²) in [5.41, 5.74) is 13.0. The van der Waals surface area contributed by atoms with E-state index >= 15 is 0 Å². The fourth-order valence-electron chi connectivity index (χ4n) is 1.92. The summed E-state index contributed by atoms with van der Waals surface area (Å²) in [4.78, 5) is 11.2. The number of nitrogen functional groups attached to an aromatic ring is 1. The molecule has 0 saturated carbocycles. The van der Waals surface area contributed by atoms with Crippen LogP contribution in [0.2, 0.25) is 0 Å². The first-order valence-corrected chi connectivity index (χ1v) is 6.30. The van der Waals surface area contributed by atoms with Crippen molar-refractivity contribution < 1.29 is 9.53 Å². The molecule has 0 aliphatic heterocycles.